The molecule has 2 fully saturated rings. The van der Waals surface area contributed by atoms with Crippen molar-refractivity contribution < 1.29 is 24.2 Å². The van der Waals surface area contributed by atoms with Crippen LogP contribution < -0.4 is 9.64 Å². The van der Waals surface area contributed by atoms with Gasteiger partial charge in [0.1, 0.15) is 17.3 Å². The maximum absolute atomic E-state index is 13.7. The van der Waals surface area contributed by atoms with Gasteiger partial charge in [0.05, 0.1) is 18.3 Å². The molecular formula is C30H38N4O5. The first kappa shape index (κ1) is 27.1. The summed E-state index contributed by atoms with van der Waals surface area (Å²) in [5, 5.41) is 18.1. The fraction of sp³-hybridized carbons (Fsp3) is 0.533. The van der Waals surface area contributed by atoms with Crippen molar-refractivity contribution in [2.45, 2.75) is 70.9 Å². The molecule has 1 saturated heterocycles. The van der Waals surface area contributed by atoms with Crippen LogP contribution in [0.5, 0.6) is 5.75 Å². The number of ketones is 1. The van der Waals surface area contributed by atoms with E-state index in [1.54, 1.807) is 4.90 Å². The molecule has 0 bridgehead atoms. The lowest BCUT2D eigenvalue weighted by Gasteiger charge is -2.29. The molecule has 208 valence electrons. The highest BCUT2D eigenvalue weighted by atomic mass is 16.5. The zero-order valence-electron chi connectivity index (χ0n) is 23.2. The average molecular weight is 535 g/mol. The molecule has 0 spiro atoms. The Balaban J connectivity index is 1.45. The van der Waals surface area contributed by atoms with E-state index < -0.39 is 18.0 Å². The van der Waals surface area contributed by atoms with Gasteiger partial charge in [-0.05, 0) is 49.8 Å². The summed E-state index contributed by atoms with van der Waals surface area (Å²) in [7, 11) is 0. The number of benzene rings is 1. The van der Waals surface area contributed by atoms with Crippen LogP contribution in [0.1, 0.15) is 85.7 Å². The lowest BCUT2D eigenvalue weighted by molar-refractivity contribution is -0.139. The van der Waals surface area contributed by atoms with Gasteiger partial charge in [-0.25, -0.2) is 9.78 Å². The fourth-order valence-corrected chi connectivity index (χ4v) is 5.45. The Morgan fingerprint density at radius 1 is 1.18 bits per heavy atom. The topological polar surface area (TPSA) is 116 Å². The predicted octanol–water partition coefficient (Wildman–Crippen LogP) is 4.36. The van der Waals surface area contributed by atoms with Crippen LogP contribution in [0.2, 0.25) is 0 Å². The van der Waals surface area contributed by atoms with Crippen molar-refractivity contribution in [1.82, 2.24) is 9.88 Å². The van der Waals surface area contributed by atoms with E-state index >= 15 is 0 Å². The highest BCUT2D eigenvalue weighted by Crippen LogP contribution is 2.42. The monoisotopic (exact) mass is 534 g/mol. The van der Waals surface area contributed by atoms with E-state index in [0.717, 1.165) is 42.6 Å². The van der Waals surface area contributed by atoms with Gasteiger partial charge in [0.15, 0.2) is 12.4 Å². The van der Waals surface area contributed by atoms with Crippen LogP contribution in [-0.2, 0) is 21.5 Å². The van der Waals surface area contributed by atoms with Crippen LogP contribution in [-0.4, -0.2) is 71.5 Å². The first-order valence-corrected chi connectivity index (χ1v) is 13.8. The maximum Gasteiger partial charge on any atom is 0.341 e. The van der Waals surface area contributed by atoms with E-state index in [1.807, 2.05) is 45.9 Å². The molecule has 0 amide bonds. The molecule has 1 saturated carbocycles. The Bertz CT molecular complexity index is 1300. The molecule has 1 aliphatic carbocycles. The molecule has 39 heavy (non-hydrogen) atoms. The number of anilines is 1. The number of amidine groups is 1. The number of fused-ring (bicyclic) bond motifs is 1. The minimum absolute atomic E-state index is 0.0634. The molecule has 2 N–H and O–H groups in total. The SMILES string of the molecule is CCOC1CCN(c2cc(C(=O)CN3Cc4ccc(C5CC5)nc4C3=N)cc(C(C)(C)C)c2OCC(=O)O)C1. The first-order chi connectivity index (χ1) is 18.5. The van der Waals surface area contributed by atoms with Gasteiger partial charge in [0, 0.05) is 54.5 Å². The van der Waals surface area contributed by atoms with Crippen molar-refractivity contribution in [2.75, 3.05) is 37.7 Å². The molecule has 1 aromatic carbocycles. The molecule has 0 radical (unpaired) electrons. The standard InChI is InChI=1S/C30H38N4O5/c1-5-38-21-10-11-33(15-21)24-13-20(12-22(30(2,3)4)28(24)39-17-26(36)37)25(35)16-34-14-19-8-9-23(18-6-7-18)32-27(19)29(34)31/h8-9,12-13,18,21,31H,5-7,10-11,14-17H2,1-4H3,(H,36,37). The first-order valence-electron chi connectivity index (χ1n) is 13.8. The van der Waals surface area contributed by atoms with Crippen LogP contribution in [0.25, 0.3) is 0 Å². The second-order valence-corrected chi connectivity index (χ2v) is 11.8. The van der Waals surface area contributed by atoms with Gasteiger partial charge in [0.2, 0.25) is 0 Å². The molecule has 3 heterocycles. The molecule has 1 aromatic heterocycles. The van der Waals surface area contributed by atoms with Gasteiger partial charge < -0.3 is 24.4 Å². The van der Waals surface area contributed by atoms with Crippen LogP contribution >= 0.6 is 0 Å². The van der Waals surface area contributed by atoms with E-state index in [4.69, 9.17) is 19.9 Å². The molecule has 2 aliphatic heterocycles. The Labute approximate surface area is 229 Å². The third-order valence-electron chi connectivity index (χ3n) is 7.66. The van der Waals surface area contributed by atoms with Gasteiger partial charge in [-0.3, -0.25) is 10.2 Å². The quantitative estimate of drug-likeness (QED) is 0.432. The van der Waals surface area contributed by atoms with E-state index in [0.29, 0.717) is 48.3 Å². The lowest BCUT2D eigenvalue weighted by Crippen LogP contribution is -2.31. The molecule has 3 aliphatic rings. The number of carbonyl (C=O) groups is 2. The van der Waals surface area contributed by atoms with Crippen LogP contribution in [0.3, 0.4) is 0 Å². The van der Waals surface area contributed by atoms with E-state index in [2.05, 4.69) is 11.0 Å². The second-order valence-electron chi connectivity index (χ2n) is 11.8. The normalized spacial score (nSPS) is 19.0. The van der Waals surface area contributed by atoms with Crippen molar-refractivity contribution in [3.05, 3.63) is 52.3 Å². The summed E-state index contributed by atoms with van der Waals surface area (Å²) in [6, 6.07) is 7.74. The molecule has 1 unspecified atom stereocenters. The molecule has 9 nitrogen and oxygen atoms in total. The minimum Gasteiger partial charge on any atom is -0.479 e. The number of pyridine rings is 1. The third kappa shape index (κ3) is 5.78. The van der Waals surface area contributed by atoms with Crippen molar-refractivity contribution in [2.24, 2.45) is 0 Å². The highest BCUT2D eigenvalue weighted by molar-refractivity contribution is 6.05. The summed E-state index contributed by atoms with van der Waals surface area (Å²) in [5.74, 6) is 0.129. The van der Waals surface area contributed by atoms with Gasteiger partial charge in [0.25, 0.3) is 0 Å². The highest BCUT2D eigenvalue weighted by Gasteiger charge is 2.34. The van der Waals surface area contributed by atoms with Crippen LogP contribution in [0.15, 0.2) is 24.3 Å². The number of carboxylic acid groups (broad SMARTS) is 1. The van der Waals surface area contributed by atoms with Crippen LogP contribution in [0.4, 0.5) is 5.69 Å². The summed E-state index contributed by atoms with van der Waals surface area (Å²) in [5.41, 5.74) is 4.30. The fourth-order valence-electron chi connectivity index (χ4n) is 5.45. The predicted molar refractivity (Wildman–Crippen MR) is 148 cm³/mol. The number of aliphatic carboxylic acids is 1. The van der Waals surface area contributed by atoms with Gasteiger partial charge >= 0.3 is 5.97 Å². The molecule has 9 heteroatoms. The Morgan fingerprint density at radius 2 is 1.95 bits per heavy atom. The number of Topliss-reactive ketones (excluding diaryl/α,β-unsaturated/α-hetero) is 1. The summed E-state index contributed by atoms with van der Waals surface area (Å²) < 4.78 is 11.7. The number of ether oxygens (including phenoxy) is 2. The number of hydrogen-bond donors (Lipinski definition) is 2. The summed E-state index contributed by atoms with van der Waals surface area (Å²) in [6.45, 7) is 10.1. The van der Waals surface area contributed by atoms with E-state index in [1.165, 1.54) is 0 Å². The molecule has 2 aromatic rings. The third-order valence-corrected chi connectivity index (χ3v) is 7.66. The number of carbonyl (C=O) groups excluding carboxylic acids is 1. The number of nitrogens with one attached hydrogen (secondary N) is 1. The lowest BCUT2D eigenvalue weighted by atomic mass is 9.84. The van der Waals surface area contributed by atoms with E-state index in [9.17, 15) is 14.7 Å². The van der Waals surface area contributed by atoms with Crippen molar-refractivity contribution in [1.29, 1.82) is 5.41 Å². The number of aromatic nitrogens is 1. The largest absolute Gasteiger partial charge is 0.479 e. The maximum atomic E-state index is 13.7. The number of carboxylic acids is 1. The Kier molecular flexibility index (Phi) is 7.37. The average Bonchev–Trinajstić information content (AvgIpc) is 3.56. The summed E-state index contributed by atoms with van der Waals surface area (Å²) in [6.07, 6.45) is 3.20. The van der Waals surface area contributed by atoms with Crippen molar-refractivity contribution in [3.8, 4) is 5.75 Å². The zero-order valence-corrected chi connectivity index (χ0v) is 23.2. The van der Waals surface area contributed by atoms with Crippen molar-refractivity contribution in [3.63, 3.8) is 0 Å². The zero-order chi connectivity index (χ0) is 27.9. The Hall–Kier alpha value is -3.46. The van der Waals surface area contributed by atoms with Gasteiger partial charge in [-0.2, -0.15) is 0 Å². The number of hydrogen-bond acceptors (Lipinski definition) is 7. The second kappa shape index (κ2) is 10.6. The van der Waals surface area contributed by atoms with Crippen molar-refractivity contribution >= 4 is 23.3 Å². The molecule has 1 atom stereocenters. The van der Waals surface area contributed by atoms with Gasteiger partial charge in [-0.15, -0.1) is 0 Å². The molecular weight excluding hydrogens is 496 g/mol. The summed E-state index contributed by atoms with van der Waals surface area (Å²) in [4.78, 5) is 33.8. The van der Waals surface area contributed by atoms with Crippen LogP contribution in [0, 0.1) is 5.41 Å². The smallest absolute Gasteiger partial charge is 0.341 e. The molecule has 5 rings (SSSR count). The Morgan fingerprint density at radius 3 is 2.62 bits per heavy atom. The number of rotatable bonds is 10. The minimum atomic E-state index is -1.06. The number of nitrogens with zero attached hydrogens (tertiary/aromatic N) is 3. The van der Waals surface area contributed by atoms with Gasteiger partial charge in [-0.1, -0.05) is 26.8 Å². The van der Waals surface area contributed by atoms with E-state index in [-0.39, 0.29) is 24.3 Å². The summed E-state index contributed by atoms with van der Waals surface area (Å²) >= 11 is 0.